The molecule has 21 heavy (non-hydrogen) atoms. The minimum Gasteiger partial charge on any atom is -0.490 e. The molecule has 1 atom stereocenters. The second kappa shape index (κ2) is 5.65. The number of para-hydroxylation sites is 2. The highest BCUT2D eigenvalue weighted by atomic mass is 32.2. The first-order chi connectivity index (χ1) is 10.1. The normalized spacial score (nSPS) is 24.0. The number of carbonyl (C=O) groups is 1. The van der Waals surface area contributed by atoms with Crippen molar-refractivity contribution in [3.63, 3.8) is 0 Å². The van der Waals surface area contributed by atoms with Crippen molar-refractivity contribution in [1.29, 1.82) is 0 Å². The maximum atomic E-state index is 12.5. The largest absolute Gasteiger partial charge is 0.490 e. The number of nitrogens with zero attached hydrogens (tertiary/aromatic N) is 1. The van der Waals surface area contributed by atoms with Gasteiger partial charge in [-0.1, -0.05) is 12.1 Å². The predicted molar refractivity (Wildman–Crippen MR) is 79.4 cm³/mol. The van der Waals surface area contributed by atoms with Crippen molar-refractivity contribution in [2.45, 2.75) is 12.5 Å². The van der Waals surface area contributed by atoms with Crippen LogP contribution in [0.25, 0.3) is 0 Å². The topological polar surface area (TPSA) is 75.7 Å². The van der Waals surface area contributed by atoms with Crippen LogP contribution in [-0.4, -0.2) is 51.6 Å². The lowest BCUT2D eigenvalue weighted by molar-refractivity contribution is -0.119. The summed E-state index contributed by atoms with van der Waals surface area (Å²) in [6.45, 7) is 1.37. The number of fused-ring (bicyclic) bond motifs is 1. The summed E-state index contributed by atoms with van der Waals surface area (Å²) in [5.74, 6) is 0.810. The van der Waals surface area contributed by atoms with E-state index in [1.165, 1.54) is 0 Å². The van der Waals surface area contributed by atoms with Crippen LogP contribution in [0.2, 0.25) is 0 Å². The van der Waals surface area contributed by atoms with E-state index < -0.39 is 9.84 Å². The van der Waals surface area contributed by atoms with Gasteiger partial charge < -0.3 is 15.0 Å². The third-order valence-electron chi connectivity index (χ3n) is 3.75. The molecule has 1 aromatic rings. The highest BCUT2D eigenvalue weighted by molar-refractivity contribution is 7.91. The third-order valence-corrected chi connectivity index (χ3v) is 5.49. The number of hydrogen-bond donors (Lipinski definition) is 1. The van der Waals surface area contributed by atoms with Crippen LogP contribution in [0.1, 0.15) is 6.42 Å². The van der Waals surface area contributed by atoms with Gasteiger partial charge in [0.05, 0.1) is 23.7 Å². The van der Waals surface area contributed by atoms with Crippen LogP contribution in [0.15, 0.2) is 24.3 Å². The fraction of sp³-hybridized carbons (Fsp3) is 0.500. The molecular formula is C14H18N2O4S. The van der Waals surface area contributed by atoms with E-state index in [1.807, 2.05) is 24.3 Å². The molecule has 0 aliphatic carbocycles. The highest BCUT2D eigenvalue weighted by Gasteiger charge is 2.29. The van der Waals surface area contributed by atoms with Crippen molar-refractivity contribution in [1.82, 2.24) is 5.32 Å². The molecule has 2 aliphatic heterocycles. The molecule has 1 unspecified atom stereocenters. The van der Waals surface area contributed by atoms with Crippen molar-refractivity contribution in [3.8, 4) is 5.75 Å². The Kier molecular flexibility index (Phi) is 3.86. The average Bonchev–Trinajstić information content (AvgIpc) is 2.45. The van der Waals surface area contributed by atoms with Gasteiger partial charge in [-0.15, -0.1) is 0 Å². The van der Waals surface area contributed by atoms with E-state index in [0.29, 0.717) is 25.4 Å². The van der Waals surface area contributed by atoms with Crippen LogP contribution in [0.4, 0.5) is 5.69 Å². The molecule has 2 heterocycles. The van der Waals surface area contributed by atoms with Gasteiger partial charge in [-0.05, 0) is 12.1 Å². The summed E-state index contributed by atoms with van der Waals surface area (Å²) < 4.78 is 28.8. The van der Waals surface area contributed by atoms with E-state index in [4.69, 9.17) is 4.74 Å². The van der Waals surface area contributed by atoms with E-state index in [9.17, 15) is 13.2 Å². The molecule has 0 spiro atoms. The summed E-state index contributed by atoms with van der Waals surface area (Å²) in [6.07, 6.45) is 0.188. The number of amides is 1. The number of ether oxygens (including phenoxy) is 1. The number of sulfone groups is 1. The highest BCUT2D eigenvalue weighted by Crippen LogP contribution is 2.31. The van der Waals surface area contributed by atoms with Gasteiger partial charge in [0.15, 0.2) is 9.84 Å². The van der Waals surface area contributed by atoms with E-state index in [1.54, 1.807) is 4.90 Å². The van der Waals surface area contributed by atoms with Crippen molar-refractivity contribution < 1.29 is 17.9 Å². The summed E-state index contributed by atoms with van der Waals surface area (Å²) in [4.78, 5) is 14.2. The Bertz CT molecular complexity index is 644. The average molecular weight is 310 g/mol. The summed E-state index contributed by atoms with van der Waals surface area (Å²) in [5, 5.41) is 3.11. The number of hydrogen-bond acceptors (Lipinski definition) is 5. The Morgan fingerprint density at radius 2 is 2.19 bits per heavy atom. The molecule has 0 saturated carbocycles. The zero-order valence-electron chi connectivity index (χ0n) is 11.6. The summed E-state index contributed by atoms with van der Waals surface area (Å²) in [6, 6.07) is 7.10. The Morgan fingerprint density at radius 1 is 1.38 bits per heavy atom. The van der Waals surface area contributed by atoms with Crippen LogP contribution in [0, 0.1) is 0 Å². The van der Waals surface area contributed by atoms with Crippen LogP contribution >= 0.6 is 0 Å². The number of anilines is 1. The van der Waals surface area contributed by atoms with Gasteiger partial charge in [-0.3, -0.25) is 4.79 Å². The van der Waals surface area contributed by atoms with E-state index >= 15 is 0 Å². The molecule has 1 amide bonds. The fourth-order valence-corrected chi connectivity index (χ4v) is 4.19. The van der Waals surface area contributed by atoms with Crippen molar-refractivity contribution >= 4 is 21.4 Å². The summed E-state index contributed by atoms with van der Waals surface area (Å²) >= 11 is 0. The van der Waals surface area contributed by atoms with Gasteiger partial charge in [0, 0.05) is 19.0 Å². The predicted octanol–water partition coefficient (Wildman–Crippen LogP) is 0.189. The molecule has 0 radical (unpaired) electrons. The fourth-order valence-electron chi connectivity index (χ4n) is 2.75. The number of rotatable bonds is 2. The van der Waals surface area contributed by atoms with E-state index in [0.717, 1.165) is 5.69 Å². The van der Waals surface area contributed by atoms with Crippen molar-refractivity contribution in [2.24, 2.45) is 0 Å². The van der Waals surface area contributed by atoms with Gasteiger partial charge in [-0.25, -0.2) is 8.42 Å². The number of nitrogens with one attached hydrogen (secondary N) is 1. The molecular weight excluding hydrogens is 292 g/mol. The monoisotopic (exact) mass is 310 g/mol. The van der Waals surface area contributed by atoms with Gasteiger partial charge in [0.25, 0.3) is 0 Å². The minimum atomic E-state index is -3.03. The second-order valence-corrected chi connectivity index (χ2v) is 7.56. The zero-order chi connectivity index (χ0) is 14.9. The third kappa shape index (κ3) is 3.19. The SMILES string of the molecule is O=C(CC1CS(=O)(=O)CCN1)N1CCOc2ccccc21. The first-order valence-corrected chi connectivity index (χ1v) is 8.83. The van der Waals surface area contributed by atoms with E-state index in [-0.39, 0.29) is 29.9 Å². The molecule has 6 nitrogen and oxygen atoms in total. The summed E-state index contributed by atoms with van der Waals surface area (Å²) in [5.41, 5.74) is 0.757. The Morgan fingerprint density at radius 3 is 3.00 bits per heavy atom. The molecule has 1 saturated heterocycles. The smallest absolute Gasteiger partial charge is 0.228 e. The first-order valence-electron chi connectivity index (χ1n) is 7.01. The van der Waals surface area contributed by atoms with Crippen molar-refractivity contribution in [3.05, 3.63) is 24.3 Å². The maximum Gasteiger partial charge on any atom is 0.228 e. The molecule has 1 aromatic carbocycles. The molecule has 7 heteroatoms. The minimum absolute atomic E-state index is 0.0325. The zero-order valence-corrected chi connectivity index (χ0v) is 12.4. The van der Waals surface area contributed by atoms with Gasteiger partial charge >= 0.3 is 0 Å². The molecule has 1 N–H and O–H groups in total. The Balaban J connectivity index is 1.72. The van der Waals surface area contributed by atoms with Crippen molar-refractivity contribution in [2.75, 3.05) is 36.1 Å². The van der Waals surface area contributed by atoms with Gasteiger partial charge in [0.2, 0.25) is 5.91 Å². The van der Waals surface area contributed by atoms with Crippen LogP contribution in [0.3, 0.4) is 0 Å². The number of carbonyl (C=O) groups excluding carboxylic acids is 1. The quantitative estimate of drug-likeness (QED) is 0.844. The lowest BCUT2D eigenvalue weighted by Gasteiger charge is -2.31. The molecule has 2 aliphatic rings. The van der Waals surface area contributed by atoms with Gasteiger partial charge in [0.1, 0.15) is 12.4 Å². The van der Waals surface area contributed by atoms with Crippen LogP contribution < -0.4 is 15.0 Å². The maximum absolute atomic E-state index is 12.5. The standard InChI is InChI=1S/C14H18N2O4S/c17-14(9-11-10-21(18,19)8-5-15-11)16-6-7-20-13-4-2-1-3-12(13)16/h1-4,11,15H,5-10H2. The van der Waals surface area contributed by atoms with Crippen LogP contribution in [0.5, 0.6) is 5.75 Å². The van der Waals surface area contributed by atoms with E-state index in [2.05, 4.69) is 5.32 Å². The first kappa shape index (κ1) is 14.3. The Labute approximate surface area is 124 Å². The molecule has 0 bridgehead atoms. The lowest BCUT2D eigenvalue weighted by atomic mass is 10.1. The van der Waals surface area contributed by atoms with Crippen LogP contribution in [-0.2, 0) is 14.6 Å². The number of benzene rings is 1. The lowest BCUT2D eigenvalue weighted by Crippen LogP contribution is -2.48. The molecule has 114 valence electrons. The molecule has 1 fully saturated rings. The van der Waals surface area contributed by atoms with Gasteiger partial charge in [-0.2, -0.15) is 0 Å². The molecule has 0 aromatic heterocycles. The summed E-state index contributed by atoms with van der Waals surface area (Å²) in [7, 11) is -3.03. The Hall–Kier alpha value is -1.60. The molecule has 3 rings (SSSR count). The second-order valence-electron chi connectivity index (χ2n) is 5.33.